The lowest BCUT2D eigenvalue weighted by atomic mass is 9.96. The number of aliphatic hydroxyl groups excluding tert-OH is 1. The van der Waals surface area contributed by atoms with Gasteiger partial charge < -0.3 is 20.9 Å². The van der Waals surface area contributed by atoms with Crippen molar-refractivity contribution in [3.63, 3.8) is 0 Å². The van der Waals surface area contributed by atoms with Crippen LogP contribution in [-0.4, -0.2) is 27.1 Å². The Bertz CT molecular complexity index is 1120. The van der Waals surface area contributed by atoms with Crippen LogP contribution in [0, 0.1) is 0 Å². The van der Waals surface area contributed by atoms with Crippen molar-refractivity contribution in [2.45, 2.75) is 57.2 Å². The number of rotatable bonds is 7. The Balaban J connectivity index is 1.48. The topological polar surface area (TPSA) is 110 Å². The average Bonchev–Trinajstić information content (AvgIpc) is 3.15. The summed E-state index contributed by atoms with van der Waals surface area (Å²) in [6.45, 7) is 0. The summed E-state index contributed by atoms with van der Waals surface area (Å²) < 4.78 is 6.39. The van der Waals surface area contributed by atoms with Crippen molar-refractivity contribution >= 4 is 28.2 Å². The predicted octanol–water partition coefficient (Wildman–Crippen LogP) is 4.28. The van der Waals surface area contributed by atoms with Crippen LogP contribution < -0.4 is 15.8 Å². The van der Waals surface area contributed by atoms with Gasteiger partial charge in [-0.2, -0.15) is 0 Å². The van der Waals surface area contributed by atoms with E-state index < -0.39 is 6.10 Å². The zero-order valence-electron chi connectivity index (χ0n) is 17.7. The minimum absolute atomic E-state index is 0.180. The van der Waals surface area contributed by atoms with E-state index in [2.05, 4.69) is 15.3 Å². The van der Waals surface area contributed by atoms with Gasteiger partial charge in [0.25, 0.3) is 0 Å². The van der Waals surface area contributed by atoms with Crippen LogP contribution in [0.2, 0.25) is 0 Å². The molecule has 1 fully saturated rings. The lowest BCUT2D eigenvalue weighted by molar-refractivity contribution is -0.117. The third-order valence-electron chi connectivity index (χ3n) is 6.03. The maximum atomic E-state index is 11.2. The number of ether oxygens (including phenoxy) is 1. The highest BCUT2D eigenvalue weighted by Crippen LogP contribution is 2.41. The molecule has 1 amide bonds. The van der Waals surface area contributed by atoms with Crippen molar-refractivity contribution < 1.29 is 14.6 Å². The number of benzene rings is 1. The second-order valence-electron chi connectivity index (χ2n) is 8.41. The van der Waals surface area contributed by atoms with Crippen molar-refractivity contribution in [3.8, 4) is 16.9 Å². The number of nitrogens with two attached hydrogens (primary N) is 1. The van der Waals surface area contributed by atoms with E-state index >= 15 is 0 Å². The molecular formula is C24H26N4O3S. The molecule has 0 radical (unpaired) electrons. The van der Waals surface area contributed by atoms with E-state index in [9.17, 15) is 9.90 Å². The van der Waals surface area contributed by atoms with Crippen LogP contribution >= 0.6 is 11.3 Å². The Morgan fingerprint density at radius 3 is 2.69 bits per heavy atom. The number of thiazole rings is 1. The van der Waals surface area contributed by atoms with E-state index in [1.54, 1.807) is 17.5 Å². The Morgan fingerprint density at radius 2 is 2.00 bits per heavy atom. The molecule has 2 aromatic heterocycles. The molecule has 0 saturated heterocycles. The number of primary amides is 1. The number of fused-ring (bicyclic) bond motifs is 1. The minimum atomic E-state index is -0.491. The maximum absolute atomic E-state index is 11.2. The van der Waals surface area contributed by atoms with Gasteiger partial charge in [-0.25, -0.2) is 9.97 Å². The zero-order chi connectivity index (χ0) is 22.1. The highest BCUT2D eigenvalue weighted by molar-refractivity contribution is 7.15. The standard InChI is InChI=1S/C24H26N4O3S/c25-20(30)13-14-7-9-15(10-8-14)17-11-12-26-23(22(17)31-16-3-1-4-16)28-24-27-21-18(29)5-2-6-19(21)32-24/h7-12,16,18,29H,1-6,13H2,(H2,25,30)(H,26,27,28). The van der Waals surface area contributed by atoms with Gasteiger partial charge in [0, 0.05) is 16.6 Å². The van der Waals surface area contributed by atoms with E-state index in [4.69, 9.17) is 10.5 Å². The summed E-state index contributed by atoms with van der Waals surface area (Å²) >= 11 is 1.57. The van der Waals surface area contributed by atoms with Gasteiger partial charge >= 0.3 is 0 Å². The van der Waals surface area contributed by atoms with Crippen LogP contribution in [0.4, 0.5) is 10.9 Å². The van der Waals surface area contributed by atoms with Crippen LogP contribution in [0.1, 0.15) is 54.3 Å². The summed E-state index contributed by atoms with van der Waals surface area (Å²) in [6, 6.07) is 9.72. The SMILES string of the molecule is NC(=O)Cc1ccc(-c2ccnc(Nc3nc4c(s3)CCCC4O)c2OC2CCC2)cc1. The van der Waals surface area contributed by atoms with E-state index in [0.29, 0.717) is 11.6 Å². The lowest BCUT2D eigenvalue weighted by Crippen LogP contribution is -2.25. The number of anilines is 2. The fourth-order valence-electron chi connectivity index (χ4n) is 4.09. The summed E-state index contributed by atoms with van der Waals surface area (Å²) in [7, 11) is 0. The first-order valence-corrected chi connectivity index (χ1v) is 11.9. The highest BCUT2D eigenvalue weighted by Gasteiger charge is 2.26. The number of hydrogen-bond acceptors (Lipinski definition) is 7. The number of nitrogens with zero attached hydrogens (tertiary/aromatic N) is 2. The van der Waals surface area contributed by atoms with E-state index in [1.807, 2.05) is 30.3 Å². The molecule has 1 aromatic carbocycles. The Morgan fingerprint density at radius 1 is 1.19 bits per heavy atom. The van der Waals surface area contributed by atoms with Gasteiger partial charge in [0.05, 0.1) is 24.3 Å². The van der Waals surface area contributed by atoms with Crippen LogP contribution in [0.5, 0.6) is 5.75 Å². The number of aryl methyl sites for hydroxylation is 1. The first kappa shape index (κ1) is 20.9. The molecule has 0 bridgehead atoms. The fourth-order valence-corrected chi connectivity index (χ4v) is 5.15. The number of aromatic nitrogens is 2. The summed E-state index contributed by atoms with van der Waals surface area (Å²) in [4.78, 5) is 21.6. The highest BCUT2D eigenvalue weighted by atomic mass is 32.1. The van der Waals surface area contributed by atoms with Crippen LogP contribution in [0.3, 0.4) is 0 Å². The van der Waals surface area contributed by atoms with E-state index in [1.165, 1.54) is 6.42 Å². The normalized spacial score (nSPS) is 18.0. The smallest absolute Gasteiger partial charge is 0.221 e. The van der Waals surface area contributed by atoms with Crippen LogP contribution in [0.25, 0.3) is 11.1 Å². The maximum Gasteiger partial charge on any atom is 0.221 e. The second-order valence-corrected chi connectivity index (χ2v) is 9.49. The molecule has 0 spiro atoms. The van der Waals surface area contributed by atoms with E-state index in [-0.39, 0.29) is 18.4 Å². The number of aliphatic hydroxyl groups is 1. The van der Waals surface area contributed by atoms with Crippen molar-refractivity contribution in [3.05, 3.63) is 52.7 Å². The monoisotopic (exact) mass is 450 g/mol. The molecule has 3 aromatic rings. The Kier molecular flexibility index (Phi) is 5.80. The molecule has 8 heteroatoms. The molecule has 2 aliphatic carbocycles. The van der Waals surface area contributed by atoms with Crippen molar-refractivity contribution in [1.82, 2.24) is 9.97 Å². The number of carbonyl (C=O) groups is 1. The molecule has 0 aliphatic heterocycles. The molecule has 1 atom stereocenters. The van der Waals surface area contributed by atoms with Gasteiger partial charge in [-0.05, 0) is 55.7 Å². The van der Waals surface area contributed by atoms with Crippen molar-refractivity contribution in [2.24, 2.45) is 5.73 Å². The summed E-state index contributed by atoms with van der Waals surface area (Å²) in [5.41, 5.74) is 8.89. The van der Waals surface area contributed by atoms with Gasteiger partial charge in [0.2, 0.25) is 5.91 Å². The molecule has 1 saturated carbocycles. The molecule has 5 rings (SSSR count). The fraction of sp³-hybridized carbons (Fsp3) is 0.375. The number of nitrogens with one attached hydrogen (secondary N) is 1. The average molecular weight is 451 g/mol. The number of amides is 1. The summed E-state index contributed by atoms with van der Waals surface area (Å²) in [5.74, 6) is 0.975. The third kappa shape index (κ3) is 4.33. The zero-order valence-corrected chi connectivity index (χ0v) is 18.5. The molecule has 1 unspecified atom stereocenters. The van der Waals surface area contributed by atoms with Crippen LogP contribution in [-0.2, 0) is 17.6 Å². The van der Waals surface area contributed by atoms with Gasteiger partial charge in [0.1, 0.15) is 0 Å². The predicted molar refractivity (Wildman–Crippen MR) is 124 cm³/mol. The molecule has 7 nitrogen and oxygen atoms in total. The minimum Gasteiger partial charge on any atom is -0.486 e. The van der Waals surface area contributed by atoms with Crippen molar-refractivity contribution in [1.29, 1.82) is 0 Å². The summed E-state index contributed by atoms with van der Waals surface area (Å²) in [5, 5.41) is 14.3. The lowest BCUT2D eigenvalue weighted by Gasteiger charge is -2.28. The molecule has 2 aliphatic rings. The first-order chi connectivity index (χ1) is 15.6. The number of carbonyl (C=O) groups excluding carboxylic acids is 1. The molecule has 32 heavy (non-hydrogen) atoms. The summed E-state index contributed by atoms with van der Waals surface area (Å²) in [6.07, 6.45) is 7.57. The molecule has 2 heterocycles. The second kappa shape index (κ2) is 8.88. The number of pyridine rings is 1. The van der Waals surface area contributed by atoms with E-state index in [0.717, 1.165) is 64.5 Å². The molecule has 166 valence electrons. The van der Waals surface area contributed by atoms with Gasteiger partial charge in [0.15, 0.2) is 16.7 Å². The van der Waals surface area contributed by atoms with Crippen LogP contribution in [0.15, 0.2) is 36.5 Å². The number of hydrogen-bond donors (Lipinski definition) is 3. The largest absolute Gasteiger partial charge is 0.486 e. The Labute approximate surface area is 190 Å². The first-order valence-electron chi connectivity index (χ1n) is 11.0. The Hall–Kier alpha value is -2.97. The third-order valence-corrected chi connectivity index (χ3v) is 7.08. The van der Waals surface area contributed by atoms with Gasteiger partial charge in [-0.3, -0.25) is 4.79 Å². The van der Waals surface area contributed by atoms with Gasteiger partial charge in [-0.15, -0.1) is 11.3 Å². The molecule has 4 N–H and O–H groups in total. The molecular weight excluding hydrogens is 424 g/mol. The van der Waals surface area contributed by atoms with Crippen molar-refractivity contribution in [2.75, 3.05) is 5.32 Å². The van der Waals surface area contributed by atoms with Gasteiger partial charge in [-0.1, -0.05) is 24.3 Å². The quantitative estimate of drug-likeness (QED) is 0.496.